The summed E-state index contributed by atoms with van der Waals surface area (Å²) in [7, 11) is 3.92. The first-order chi connectivity index (χ1) is 9.15. The minimum absolute atomic E-state index is 0.629. The Morgan fingerprint density at radius 2 is 2.21 bits per heavy atom. The molecule has 1 atom stereocenters. The first kappa shape index (κ1) is 12.5. The first-order valence-corrected chi connectivity index (χ1v) is 7.00. The van der Waals surface area contributed by atoms with Crippen molar-refractivity contribution < 1.29 is 4.74 Å². The Hall–Kier alpha value is -1.48. The Morgan fingerprint density at radius 1 is 1.42 bits per heavy atom. The molecule has 1 aromatic heterocycles. The number of nitrogens with two attached hydrogens (primary N) is 1. The molecule has 0 saturated carbocycles. The molecule has 1 unspecified atom stereocenters. The summed E-state index contributed by atoms with van der Waals surface area (Å²) in [5, 5.41) is 1.35. The molecule has 3 heteroatoms. The topological polar surface area (TPSA) is 40.2 Å². The van der Waals surface area contributed by atoms with E-state index in [1.54, 1.807) is 7.11 Å². The van der Waals surface area contributed by atoms with Gasteiger partial charge in [-0.1, -0.05) is 0 Å². The summed E-state index contributed by atoms with van der Waals surface area (Å²) in [5.41, 5.74) is 11.5. The van der Waals surface area contributed by atoms with Crippen molar-refractivity contribution in [1.82, 2.24) is 4.57 Å². The second kappa shape index (κ2) is 4.57. The third kappa shape index (κ3) is 1.84. The van der Waals surface area contributed by atoms with Crippen molar-refractivity contribution in [3.8, 4) is 5.75 Å². The Labute approximate surface area is 114 Å². The van der Waals surface area contributed by atoms with E-state index in [9.17, 15) is 0 Å². The van der Waals surface area contributed by atoms with Gasteiger partial charge in [0.1, 0.15) is 5.75 Å². The summed E-state index contributed by atoms with van der Waals surface area (Å²) in [6, 6.07) is 4.30. The zero-order valence-corrected chi connectivity index (χ0v) is 12.0. The van der Waals surface area contributed by atoms with Gasteiger partial charge in [0, 0.05) is 18.1 Å². The van der Waals surface area contributed by atoms with Crippen LogP contribution in [0.25, 0.3) is 10.9 Å². The molecule has 102 valence electrons. The fraction of sp³-hybridized carbons (Fsp3) is 0.500. The van der Waals surface area contributed by atoms with Gasteiger partial charge in [0.15, 0.2) is 0 Å². The van der Waals surface area contributed by atoms with Crippen LogP contribution in [0.1, 0.15) is 23.2 Å². The van der Waals surface area contributed by atoms with E-state index in [-0.39, 0.29) is 0 Å². The number of rotatable bonds is 2. The minimum Gasteiger partial charge on any atom is -0.497 e. The normalized spacial score (nSPS) is 18.6. The molecule has 1 aliphatic rings. The van der Waals surface area contributed by atoms with E-state index in [4.69, 9.17) is 10.5 Å². The number of fused-ring (bicyclic) bond motifs is 3. The van der Waals surface area contributed by atoms with Crippen molar-refractivity contribution in [2.75, 3.05) is 13.7 Å². The molecular formula is C16H22N2O. The van der Waals surface area contributed by atoms with Crippen molar-refractivity contribution in [1.29, 1.82) is 0 Å². The zero-order valence-electron chi connectivity index (χ0n) is 12.0. The summed E-state index contributed by atoms with van der Waals surface area (Å²) in [6.45, 7) is 2.95. The number of aromatic nitrogens is 1. The van der Waals surface area contributed by atoms with E-state index in [2.05, 4.69) is 30.7 Å². The highest BCUT2D eigenvalue weighted by molar-refractivity contribution is 5.89. The fourth-order valence-corrected chi connectivity index (χ4v) is 3.51. The maximum absolute atomic E-state index is 5.87. The number of hydrogen-bond acceptors (Lipinski definition) is 2. The molecule has 3 rings (SSSR count). The van der Waals surface area contributed by atoms with E-state index >= 15 is 0 Å². The van der Waals surface area contributed by atoms with E-state index in [1.807, 2.05) is 0 Å². The highest BCUT2D eigenvalue weighted by atomic mass is 16.5. The van der Waals surface area contributed by atoms with Crippen molar-refractivity contribution >= 4 is 10.9 Å². The van der Waals surface area contributed by atoms with Gasteiger partial charge in [-0.05, 0) is 61.9 Å². The van der Waals surface area contributed by atoms with Gasteiger partial charge in [-0.2, -0.15) is 0 Å². The summed E-state index contributed by atoms with van der Waals surface area (Å²) in [6.07, 6.45) is 3.46. The Bertz CT molecular complexity index is 627. The highest BCUT2D eigenvalue weighted by Crippen LogP contribution is 2.36. The summed E-state index contributed by atoms with van der Waals surface area (Å²) in [4.78, 5) is 0. The number of methoxy groups -OCH3 is 1. The van der Waals surface area contributed by atoms with Crippen LogP contribution >= 0.6 is 0 Å². The van der Waals surface area contributed by atoms with Crippen molar-refractivity contribution in [3.05, 3.63) is 29.0 Å². The highest BCUT2D eigenvalue weighted by Gasteiger charge is 2.24. The number of benzene rings is 1. The Morgan fingerprint density at radius 3 is 2.89 bits per heavy atom. The lowest BCUT2D eigenvalue weighted by molar-refractivity contribution is 0.415. The van der Waals surface area contributed by atoms with Crippen LogP contribution in [0.4, 0.5) is 0 Å². The molecule has 0 saturated heterocycles. The average molecular weight is 258 g/mol. The second-order valence-electron chi connectivity index (χ2n) is 5.67. The molecule has 0 aliphatic heterocycles. The SMILES string of the molecule is COc1cc(C)c2c(c1)c1c(n2C)CCC(CN)C1. The number of ether oxygens (including phenoxy) is 1. The van der Waals surface area contributed by atoms with E-state index < -0.39 is 0 Å². The van der Waals surface area contributed by atoms with Gasteiger partial charge in [-0.15, -0.1) is 0 Å². The third-order valence-corrected chi connectivity index (χ3v) is 4.54. The zero-order chi connectivity index (χ0) is 13.6. The maximum atomic E-state index is 5.87. The third-order valence-electron chi connectivity index (χ3n) is 4.54. The molecule has 1 aromatic carbocycles. The predicted octanol–water partition coefficient (Wildman–Crippen LogP) is 2.56. The van der Waals surface area contributed by atoms with E-state index in [0.29, 0.717) is 5.92 Å². The fourth-order valence-electron chi connectivity index (χ4n) is 3.51. The first-order valence-electron chi connectivity index (χ1n) is 7.00. The van der Waals surface area contributed by atoms with Crippen LogP contribution in [0.5, 0.6) is 5.75 Å². The summed E-state index contributed by atoms with van der Waals surface area (Å²) in [5.74, 6) is 1.58. The molecule has 0 amide bonds. The summed E-state index contributed by atoms with van der Waals surface area (Å²) < 4.78 is 7.79. The number of nitrogens with zero attached hydrogens (tertiary/aromatic N) is 1. The van der Waals surface area contributed by atoms with Gasteiger partial charge in [0.25, 0.3) is 0 Å². The number of hydrogen-bond donors (Lipinski definition) is 1. The van der Waals surface area contributed by atoms with Crippen LogP contribution in [0.2, 0.25) is 0 Å². The van der Waals surface area contributed by atoms with Crippen LogP contribution in [-0.4, -0.2) is 18.2 Å². The summed E-state index contributed by atoms with van der Waals surface area (Å²) >= 11 is 0. The molecule has 2 N–H and O–H groups in total. The average Bonchev–Trinajstić information content (AvgIpc) is 2.72. The smallest absolute Gasteiger partial charge is 0.119 e. The van der Waals surface area contributed by atoms with Crippen LogP contribution in [-0.2, 0) is 19.9 Å². The van der Waals surface area contributed by atoms with Crippen molar-refractivity contribution in [3.63, 3.8) is 0 Å². The molecule has 2 aromatic rings. The quantitative estimate of drug-likeness (QED) is 0.899. The van der Waals surface area contributed by atoms with Gasteiger partial charge in [-0.25, -0.2) is 0 Å². The molecular weight excluding hydrogens is 236 g/mol. The van der Waals surface area contributed by atoms with Gasteiger partial charge in [0.2, 0.25) is 0 Å². The van der Waals surface area contributed by atoms with E-state index in [0.717, 1.165) is 25.1 Å². The largest absolute Gasteiger partial charge is 0.497 e. The molecule has 0 fully saturated rings. The lowest BCUT2D eigenvalue weighted by atomic mass is 9.86. The standard InChI is InChI=1S/C16H22N2O/c1-10-6-12(19-3)8-14-13-7-11(9-17)4-5-15(13)18(2)16(10)14/h6,8,11H,4-5,7,9,17H2,1-3H3. The molecule has 1 heterocycles. The second-order valence-corrected chi connectivity index (χ2v) is 5.67. The molecule has 0 radical (unpaired) electrons. The van der Waals surface area contributed by atoms with Gasteiger partial charge in [0.05, 0.1) is 12.6 Å². The Kier molecular flexibility index (Phi) is 3.02. The van der Waals surface area contributed by atoms with Crippen LogP contribution < -0.4 is 10.5 Å². The molecule has 0 spiro atoms. The maximum Gasteiger partial charge on any atom is 0.119 e. The Balaban J connectivity index is 2.26. The molecule has 0 bridgehead atoms. The van der Waals surface area contributed by atoms with Crippen molar-refractivity contribution in [2.45, 2.75) is 26.2 Å². The van der Waals surface area contributed by atoms with Crippen molar-refractivity contribution in [2.24, 2.45) is 18.7 Å². The predicted molar refractivity (Wildman–Crippen MR) is 78.8 cm³/mol. The van der Waals surface area contributed by atoms with Gasteiger partial charge < -0.3 is 15.0 Å². The van der Waals surface area contributed by atoms with Crippen LogP contribution in [0, 0.1) is 12.8 Å². The van der Waals surface area contributed by atoms with Gasteiger partial charge in [-0.3, -0.25) is 0 Å². The molecule has 3 nitrogen and oxygen atoms in total. The number of aryl methyl sites for hydroxylation is 2. The lowest BCUT2D eigenvalue weighted by Crippen LogP contribution is -2.22. The van der Waals surface area contributed by atoms with Crippen LogP contribution in [0.3, 0.4) is 0 Å². The monoisotopic (exact) mass is 258 g/mol. The van der Waals surface area contributed by atoms with Gasteiger partial charge >= 0.3 is 0 Å². The molecule has 19 heavy (non-hydrogen) atoms. The van der Waals surface area contributed by atoms with E-state index in [1.165, 1.54) is 34.1 Å². The minimum atomic E-state index is 0.629. The van der Waals surface area contributed by atoms with Crippen LogP contribution in [0.15, 0.2) is 12.1 Å². The lowest BCUT2D eigenvalue weighted by Gasteiger charge is -2.21. The molecule has 1 aliphatic carbocycles.